The number of furan rings is 3. The Hall–Kier alpha value is -15.2. The molecule has 22 aromatic rings. The largest absolute Gasteiger partial charge is 0.456 e. The first-order valence-electron chi connectivity index (χ1n) is 39.4. The second-order valence-electron chi connectivity index (χ2n) is 30.5. The van der Waals surface area contributed by atoms with E-state index in [1.807, 2.05) is 0 Å². The Balaban J connectivity index is 0.817. The van der Waals surface area contributed by atoms with Gasteiger partial charge in [-0.3, -0.25) is 0 Å². The van der Waals surface area contributed by atoms with Crippen LogP contribution in [0.3, 0.4) is 0 Å². The molecule has 6 heterocycles. The zero-order chi connectivity index (χ0) is 75.3. The maximum atomic E-state index is 7.66. The summed E-state index contributed by atoms with van der Waals surface area (Å²) in [6, 6.07) is 147. The van der Waals surface area contributed by atoms with Gasteiger partial charge in [0.2, 0.25) is 0 Å². The highest BCUT2D eigenvalue weighted by atomic mass is 16.3. The van der Waals surface area contributed by atoms with Crippen LogP contribution in [0.25, 0.3) is 182 Å². The molecular weight excluding hydrogens is 1400 g/mol. The number of anilines is 6. The highest BCUT2D eigenvalue weighted by Crippen LogP contribution is 2.55. The first-order chi connectivity index (χ1) is 57.0. The van der Waals surface area contributed by atoms with E-state index in [9.17, 15) is 0 Å². The van der Waals surface area contributed by atoms with Crippen LogP contribution in [-0.2, 0) is 0 Å². The van der Waals surface area contributed by atoms with Crippen molar-refractivity contribution >= 4 is 145 Å². The van der Waals surface area contributed by atoms with Crippen LogP contribution in [0.2, 0.25) is 0 Å². The average molecular weight is 1460 g/mol. The van der Waals surface area contributed by atoms with Gasteiger partial charge < -0.3 is 27.6 Å². The zero-order valence-electron chi connectivity index (χ0n) is 62.2. The molecule has 24 rings (SSSR count). The van der Waals surface area contributed by atoms with Crippen molar-refractivity contribution in [1.82, 2.24) is 4.57 Å². The number of hydrogen-bond donors (Lipinski definition) is 0. The Morgan fingerprint density at radius 1 is 0.209 bits per heavy atom. The summed E-state index contributed by atoms with van der Waals surface area (Å²) in [5, 5.41) is 8.41. The number of aromatic nitrogens is 1. The van der Waals surface area contributed by atoms with Gasteiger partial charge in [0.15, 0.2) is 5.58 Å². The Bertz CT molecular complexity index is 7550. The Morgan fingerprint density at radius 2 is 0.609 bits per heavy atom. The number of fused-ring (bicyclic) bond motifs is 17. The summed E-state index contributed by atoms with van der Waals surface area (Å²) in [5.41, 5.74) is 35.5. The van der Waals surface area contributed by atoms with E-state index in [0.717, 1.165) is 222 Å². The van der Waals surface area contributed by atoms with Crippen LogP contribution in [-0.4, -0.2) is 11.3 Å². The topological polar surface area (TPSA) is 50.8 Å². The molecule has 2 aliphatic heterocycles. The molecule has 0 amide bonds. The molecule has 0 bridgehead atoms. The van der Waals surface area contributed by atoms with Crippen molar-refractivity contribution in [1.29, 1.82) is 0 Å². The van der Waals surface area contributed by atoms with Gasteiger partial charge in [0.1, 0.15) is 27.9 Å². The molecule has 18 aromatic carbocycles. The van der Waals surface area contributed by atoms with Crippen molar-refractivity contribution in [3.63, 3.8) is 0 Å². The minimum atomic E-state index is -0.398. The predicted molar refractivity (Wildman–Crippen MR) is 480 cm³/mol. The molecule has 0 spiro atoms. The van der Waals surface area contributed by atoms with Gasteiger partial charge in [0.25, 0.3) is 6.71 Å². The van der Waals surface area contributed by atoms with Crippen LogP contribution in [0.1, 0.15) is 0 Å². The standard InChI is InChI=1S/C108H66BN3O3/c1-7-27-67(28-8-1)75-55-76(68-29-9-2-10-30-68)58-79(57-75)73-49-53-100-88(61-73)104-95(44-25-47-102(104)113-100)111-97-65-86(72-37-17-6-18-38-72)85(71-35-15-5-16-36-71)64-91(97)109-90-63-81(110-92-42-22-19-39-82(92)83-40-20-23-43-93(83)110)51-52-94(90)112(107-106(109)98(111)66-87-84-41-21-24-46-99(84)115-108(87)107)96-45-26-48-103-105(96)89-62-74(50-54-101(89)114-103)80-59-77(69-31-11-3-12-32-69)56-78(60-80)70-33-13-4-14-34-70/h1-66H. The third-order valence-electron chi connectivity index (χ3n) is 24.1. The molecule has 115 heavy (non-hydrogen) atoms. The quantitative estimate of drug-likeness (QED) is 0.121. The lowest BCUT2D eigenvalue weighted by Gasteiger charge is -2.44. The van der Waals surface area contributed by atoms with Crippen molar-refractivity contribution in [2.24, 2.45) is 0 Å². The molecular formula is C108H66BN3O3. The first-order valence-corrected chi connectivity index (χ1v) is 39.4. The van der Waals surface area contributed by atoms with E-state index in [0.29, 0.717) is 0 Å². The van der Waals surface area contributed by atoms with Crippen molar-refractivity contribution in [2.75, 3.05) is 9.80 Å². The van der Waals surface area contributed by atoms with E-state index in [1.165, 1.54) is 10.8 Å². The molecule has 2 aliphatic rings. The average Bonchev–Trinajstić information content (AvgIpc) is 1.66. The summed E-state index contributed by atoms with van der Waals surface area (Å²) in [6.07, 6.45) is 0. The van der Waals surface area contributed by atoms with Gasteiger partial charge in [0, 0.05) is 55.1 Å². The number of benzene rings is 18. The van der Waals surface area contributed by atoms with Crippen LogP contribution in [0.4, 0.5) is 34.1 Å². The van der Waals surface area contributed by atoms with Gasteiger partial charge in [0.05, 0.1) is 38.9 Å². The van der Waals surface area contributed by atoms with Gasteiger partial charge in [-0.15, -0.1) is 0 Å². The van der Waals surface area contributed by atoms with Crippen molar-refractivity contribution in [3.8, 4) is 94.7 Å². The van der Waals surface area contributed by atoms with Crippen LogP contribution >= 0.6 is 0 Å². The van der Waals surface area contributed by atoms with E-state index in [-0.39, 0.29) is 0 Å². The van der Waals surface area contributed by atoms with E-state index >= 15 is 0 Å². The van der Waals surface area contributed by atoms with E-state index in [2.05, 4.69) is 415 Å². The number of hydrogen-bond acceptors (Lipinski definition) is 5. The molecule has 0 N–H and O–H groups in total. The smallest absolute Gasteiger partial charge is 0.252 e. The van der Waals surface area contributed by atoms with Gasteiger partial charge in [-0.1, -0.05) is 267 Å². The second-order valence-corrected chi connectivity index (χ2v) is 30.5. The van der Waals surface area contributed by atoms with Crippen LogP contribution in [0, 0.1) is 0 Å². The summed E-state index contributed by atoms with van der Waals surface area (Å²) >= 11 is 0. The summed E-state index contributed by atoms with van der Waals surface area (Å²) in [4.78, 5) is 5.14. The van der Waals surface area contributed by atoms with E-state index in [1.54, 1.807) is 0 Å². The lowest BCUT2D eigenvalue weighted by atomic mass is 9.33. The van der Waals surface area contributed by atoms with Crippen molar-refractivity contribution in [2.45, 2.75) is 0 Å². The van der Waals surface area contributed by atoms with Gasteiger partial charge >= 0.3 is 0 Å². The third kappa shape index (κ3) is 10.2. The molecule has 0 atom stereocenters. The van der Waals surface area contributed by atoms with Crippen LogP contribution in [0.15, 0.2) is 414 Å². The summed E-state index contributed by atoms with van der Waals surface area (Å²) in [6.45, 7) is -0.398. The highest BCUT2D eigenvalue weighted by Gasteiger charge is 2.47. The lowest BCUT2D eigenvalue weighted by molar-refractivity contribution is 0.668. The maximum Gasteiger partial charge on any atom is 0.252 e. The molecule has 7 heteroatoms. The summed E-state index contributed by atoms with van der Waals surface area (Å²) in [5.74, 6) is 0. The maximum absolute atomic E-state index is 7.66. The van der Waals surface area contributed by atoms with E-state index in [4.69, 9.17) is 13.3 Å². The molecule has 534 valence electrons. The van der Waals surface area contributed by atoms with E-state index < -0.39 is 6.71 Å². The molecule has 0 unspecified atom stereocenters. The summed E-state index contributed by atoms with van der Waals surface area (Å²) in [7, 11) is 0. The fourth-order valence-corrected chi connectivity index (χ4v) is 19.0. The molecule has 0 saturated carbocycles. The van der Waals surface area contributed by atoms with Gasteiger partial charge in [-0.2, -0.15) is 0 Å². The van der Waals surface area contributed by atoms with Gasteiger partial charge in [-0.05, 0) is 239 Å². The molecule has 0 saturated heterocycles. The van der Waals surface area contributed by atoms with Crippen LogP contribution < -0.4 is 26.2 Å². The number of nitrogens with zero attached hydrogens (tertiary/aromatic N) is 3. The fraction of sp³-hybridized carbons (Fsp3) is 0. The number of para-hydroxylation sites is 3. The second kappa shape index (κ2) is 25.7. The molecule has 4 aromatic heterocycles. The minimum absolute atomic E-state index is 0.398. The Kier molecular flexibility index (Phi) is 14.4. The number of rotatable bonds is 11. The van der Waals surface area contributed by atoms with Gasteiger partial charge in [-0.25, -0.2) is 0 Å². The molecule has 0 radical (unpaired) electrons. The first kappa shape index (κ1) is 64.6. The summed E-state index contributed by atoms with van der Waals surface area (Å²) < 4.78 is 24.6. The monoisotopic (exact) mass is 1460 g/mol. The predicted octanol–water partition coefficient (Wildman–Crippen LogP) is 27.9. The van der Waals surface area contributed by atoms with Crippen molar-refractivity contribution < 1.29 is 13.3 Å². The normalized spacial score (nSPS) is 12.5. The third-order valence-corrected chi connectivity index (χ3v) is 24.1. The SMILES string of the molecule is c1ccc(-c2cc(-c3ccccc3)cc(-c3ccc4oc5cccc(N6c7cc(-c8ccccc8)c(-c8ccccc8)cc7B7c8cc(-n9c%10ccccc%10c%10ccccc%109)ccc8N(c8cccc9oc%10ccc(-c%11cc(-c%12ccccc%12)cc(-c%12ccccc%12)c%11)cc%10c89)c8c7c6cc6c8oc7ccccc76)c5c4c3)c2)cc1. The Labute approximate surface area is 663 Å². The van der Waals surface area contributed by atoms with Crippen molar-refractivity contribution in [3.05, 3.63) is 400 Å². The molecule has 6 nitrogen and oxygen atoms in total. The highest BCUT2D eigenvalue weighted by molar-refractivity contribution is 7.00. The molecule has 0 fully saturated rings. The minimum Gasteiger partial charge on any atom is -0.456 e. The lowest BCUT2D eigenvalue weighted by Crippen LogP contribution is -2.61. The Morgan fingerprint density at radius 3 is 1.10 bits per heavy atom. The van der Waals surface area contributed by atoms with Crippen LogP contribution in [0.5, 0.6) is 0 Å². The fourth-order valence-electron chi connectivity index (χ4n) is 19.0. The zero-order valence-corrected chi connectivity index (χ0v) is 62.2. The molecule has 0 aliphatic carbocycles.